The van der Waals surface area contributed by atoms with Gasteiger partial charge in [0, 0.05) is 60.7 Å². The van der Waals surface area contributed by atoms with E-state index in [0.717, 1.165) is 55.0 Å². The summed E-state index contributed by atoms with van der Waals surface area (Å²) in [5.41, 5.74) is 16.1. The highest BCUT2D eigenvalue weighted by Crippen LogP contribution is 2.61. The summed E-state index contributed by atoms with van der Waals surface area (Å²) in [6.07, 6.45) is 4.74. The molecule has 52 heavy (non-hydrogen) atoms. The highest BCUT2D eigenvalue weighted by atomic mass is 16.3. The number of nitrogens with zero attached hydrogens (tertiary/aromatic N) is 2. The van der Waals surface area contributed by atoms with E-state index in [2.05, 4.69) is 161 Å². The Morgan fingerprint density at radius 1 is 0.462 bits per heavy atom. The van der Waals surface area contributed by atoms with Crippen molar-refractivity contribution in [3.8, 4) is 11.1 Å². The summed E-state index contributed by atoms with van der Waals surface area (Å²) in [7, 11) is 0. The van der Waals surface area contributed by atoms with E-state index in [4.69, 9.17) is 8.83 Å². The second kappa shape index (κ2) is 9.51. The van der Waals surface area contributed by atoms with Crippen LogP contribution in [0.2, 0.25) is 0 Å². The fourth-order valence-electron chi connectivity index (χ4n) is 9.90. The summed E-state index contributed by atoms with van der Waals surface area (Å²) in [6, 6.07) is 52.6. The molecule has 0 bridgehead atoms. The topological polar surface area (TPSA) is 34.5 Å². The van der Waals surface area contributed by atoms with Crippen molar-refractivity contribution in [2.45, 2.75) is 12.0 Å². The zero-order valence-electron chi connectivity index (χ0n) is 27.9. The van der Waals surface area contributed by atoms with Gasteiger partial charge in [0.1, 0.15) is 22.3 Å². The van der Waals surface area contributed by atoms with E-state index in [-0.39, 0.29) is 12.0 Å². The number of aromatic nitrogens is 1. The average molecular weight is 665 g/mol. The van der Waals surface area contributed by atoms with Crippen LogP contribution in [0.1, 0.15) is 17.0 Å². The Bertz CT molecular complexity index is 3280. The smallest absolute Gasteiger partial charge is 0.143 e. The molecule has 4 nitrogen and oxygen atoms in total. The van der Waals surface area contributed by atoms with Gasteiger partial charge in [-0.15, -0.1) is 0 Å². The Kier molecular flexibility index (Phi) is 4.94. The third-order valence-corrected chi connectivity index (χ3v) is 11.9. The second-order valence-corrected chi connectivity index (χ2v) is 14.3. The molecule has 7 aromatic carbocycles. The highest BCUT2D eigenvalue weighted by Gasteiger charge is 2.49. The van der Waals surface area contributed by atoms with Gasteiger partial charge < -0.3 is 18.3 Å². The van der Waals surface area contributed by atoms with E-state index in [1.165, 1.54) is 55.6 Å². The van der Waals surface area contributed by atoms with Crippen LogP contribution in [0.15, 0.2) is 167 Å². The molecular formula is C48H28N2O2. The minimum Gasteiger partial charge on any atom is -0.455 e. The minimum atomic E-state index is 0.0770. The Morgan fingerprint density at radius 3 is 1.88 bits per heavy atom. The van der Waals surface area contributed by atoms with Gasteiger partial charge in [-0.2, -0.15) is 0 Å². The Morgan fingerprint density at radius 2 is 1.10 bits per heavy atom. The first-order chi connectivity index (χ1) is 25.8. The van der Waals surface area contributed by atoms with Crippen LogP contribution in [0.4, 0.5) is 11.4 Å². The van der Waals surface area contributed by atoms with Crippen LogP contribution in [0.5, 0.6) is 0 Å². The molecular weight excluding hydrogens is 637 g/mol. The number of anilines is 2. The standard InChI is InChI=1S/C48H28N2O2/c1-5-19-37-35(13-1)43-29(33-17-9-15-31-27-11-3-7-21-41(27)51-47(31)33)23-25-39-45(43)49(37)40-26-24-30(44-36-14-2-6-20-38(36)50(39)46(40)44)34-18-10-16-32-28-12-4-8-22-42(28)52-48(32)34/h1-26,43,45H. The van der Waals surface area contributed by atoms with Crippen LogP contribution in [0.25, 0.3) is 88.1 Å². The van der Waals surface area contributed by atoms with E-state index in [1.807, 2.05) is 6.07 Å². The molecule has 2 atom stereocenters. The number of rotatable bonds is 2. The van der Waals surface area contributed by atoms with Crippen LogP contribution in [-0.4, -0.2) is 10.6 Å². The van der Waals surface area contributed by atoms with E-state index in [1.54, 1.807) is 0 Å². The van der Waals surface area contributed by atoms with Crippen LogP contribution in [0, 0.1) is 0 Å². The summed E-state index contributed by atoms with van der Waals surface area (Å²) in [5, 5.41) is 7.10. The normalized spacial score (nSPS) is 17.4. The molecule has 0 amide bonds. The summed E-state index contributed by atoms with van der Waals surface area (Å²) < 4.78 is 15.8. The molecule has 2 unspecified atom stereocenters. The van der Waals surface area contributed by atoms with E-state index < -0.39 is 0 Å². The zero-order chi connectivity index (χ0) is 33.7. The first kappa shape index (κ1) is 27.0. The number of benzene rings is 7. The molecule has 1 aliphatic carbocycles. The minimum absolute atomic E-state index is 0.0770. The molecule has 3 aliphatic rings. The van der Waals surface area contributed by atoms with Gasteiger partial charge in [0.15, 0.2) is 0 Å². The second-order valence-electron chi connectivity index (χ2n) is 14.3. The number of fused-ring (bicyclic) bond motifs is 14. The van der Waals surface area contributed by atoms with Crippen LogP contribution in [-0.2, 0) is 0 Å². The lowest BCUT2D eigenvalue weighted by molar-refractivity contribution is 0.665. The number of hydrogen-bond acceptors (Lipinski definition) is 3. The Labute approximate surface area is 297 Å². The van der Waals surface area contributed by atoms with Crippen molar-refractivity contribution in [1.29, 1.82) is 0 Å². The van der Waals surface area contributed by atoms with Crippen molar-refractivity contribution in [2.75, 3.05) is 4.90 Å². The molecule has 0 fully saturated rings. The molecule has 0 radical (unpaired) electrons. The SMILES string of the molecule is C1=C(c2cccc3c2oc2ccccc23)C2c3ccccc3N3c4ccc(-c5cccc6c5oc5ccccc56)c5c6ccccc6n(c45)C(=C1)C23. The summed E-state index contributed by atoms with van der Waals surface area (Å²) in [4.78, 5) is 2.62. The maximum Gasteiger partial charge on any atom is 0.143 e. The third kappa shape index (κ3) is 3.20. The van der Waals surface area contributed by atoms with E-state index >= 15 is 0 Å². The quantitative estimate of drug-likeness (QED) is 0.184. The maximum absolute atomic E-state index is 6.63. The average Bonchev–Trinajstić information content (AvgIpc) is 3.96. The fourth-order valence-corrected chi connectivity index (χ4v) is 9.90. The lowest BCUT2D eigenvalue weighted by atomic mass is 9.78. The lowest BCUT2D eigenvalue weighted by Gasteiger charge is -2.40. The zero-order valence-corrected chi connectivity index (χ0v) is 27.9. The largest absolute Gasteiger partial charge is 0.455 e. The molecule has 0 saturated heterocycles. The molecule has 3 aromatic heterocycles. The first-order valence-electron chi connectivity index (χ1n) is 18.0. The molecule has 10 aromatic rings. The van der Waals surface area contributed by atoms with Crippen LogP contribution in [0.3, 0.4) is 0 Å². The van der Waals surface area contributed by atoms with Crippen LogP contribution >= 0.6 is 0 Å². The van der Waals surface area contributed by atoms with Gasteiger partial charge in [-0.25, -0.2) is 0 Å². The first-order valence-corrected chi connectivity index (χ1v) is 18.0. The molecule has 242 valence electrons. The van der Waals surface area contributed by atoms with Gasteiger partial charge in [-0.1, -0.05) is 121 Å². The molecule has 2 aliphatic heterocycles. The summed E-state index contributed by atoms with van der Waals surface area (Å²) in [6.45, 7) is 0. The molecule has 0 saturated carbocycles. The van der Waals surface area contributed by atoms with Gasteiger partial charge in [0.05, 0.1) is 22.8 Å². The van der Waals surface area contributed by atoms with E-state index in [9.17, 15) is 0 Å². The van der Waals surface area contributed by atoms with E-state index in [0.29, 0.717) is 0 Å². The van der Waals surface area contributed by atoms with Crippen LogP contribution < -0.4 is 4.90 Å². The van der Waals surface area contributed by atoms with Gasteiger partial charge >= 0.3 is 0 Å². The summed E-state index contributed by atoms with van der Waals surface area (Å²) >= 11 is 0. The number of furan rings is 2. The molecule has 5 heterocycles. The predicted octanol–water partition coefficient (Wildman–Crippen LogP) is 12.8. The van der Waals surface area contributed by atoms with Crippen molar-refractivity contribution < 1.29 is 8.83 Å². The van der Waals surface area contributed by atoms with Gasteiger partial charge in [-0.05, 0) is 53.1 Å². The highest BCUT2D eigenvalue weighted by molar-refractivity contribution is 6.24. The number of hydrogen-bond donors (Lipinski definition) is 0. The van der Waals surface area contributed by atoms with Crippen molar-refractivity contribution in [3.63, 3.8) is 0 Å². The number of para-hydroxylation sites is 6. The van der Waals surface area contributed by atoms with Crippen molar-refractivity contribution >= 4 is 88.3 Å². The van der Waals surface area contributed by atoms with Crippen molar-refractivity contribution in [3.05, 3.63) is 169 Å². The molecule has 0 N–H and O–H groups in total. The summed E-state index contributed by atoms with van der Waals surface area (Å²) in [5.74, 6) is 0.114. The monoisotopic (exact) mass is 664 g/mol. The molecule has 0 spiro atoms. The maximum atomic E-state index is 6.63. The third-order valence-electron chi connectivity index (χ3n) is 11.9. The molecule has 4 heteroatoms. The number of allylic oxidation sites excluding steroid dienone is 2. The van der Waals surface area contributed by atoms with Gasteiger partial charge in [0.25, 0.3) is 0 Å². The van der Waals surface area contributed by atoms with Crippen molar-refractivity contribution in [2.24, 2.45) is 0 Å². The Hall–Kier alpha value is -6.78. The fraction of sp³-hybridized carbons (Fsp3) is 0.0417. The van der Waals surface area contributed by atoms with Crippen molar-refractivity contribution in [1.82, 2.24) is 4.57 Å². The predicted molar refractivity (Wildman–Crippen MR) is 213 cm³/mol. The Balaban J connectivity index is 1.13. The van der Waals surface area contributed by atoms with Gasteiger partial charge in [-0.3, -0.25) is 0 Å². The van der Waals surface area contributed by atoms with Gasteiger partial charge in [0.2, 0.25) is 0 Å². The lowest BCUT2D eigenvalue weighted by Crippen LogP contribution is -2.38. The molecule has 13 rings (SSSR count).